The van der Waals surface area contributed by atoms with Crippen LogP contribution in [0.3, 0.4) is 0 Å². The SMILES string of the molecule is O=C(O)C1(CCOCCc2cccc(C(F)(F)F)c2)CO1. The Morgan fingerprint density at radius 2 is 2.10 bits per heavy atom. The molecular formula is C14H15F3O4. The molecule has 0 saturated carbocycles. The molecule has 1 unspecified atom stereocenters. The van der Waals surface area contributed by atoms with E-state index < -0.39 is 23.3 Å². The van der Waals surface area contributed by atoms with Gasteiger partial charge in [-0.05, 0) is 18.1 Å². The van der Waals surface area contributed by atoms with Crippen LogP contribution in [-0.2, 0) is 26.9 Å². The zero-order valence-corrected chi connectivity index (χ0v) is 11.2. The molecule has 21 heavy (non-hydrogen) atoms. The van der Waals surface area contributed by atoms with Gasteiger partial charge in [-0.1, -0.05) is 18.2 Å². The summed E-state index contributed by atoms with van der Waals surface area (Å²) >= 11 is 0. The highest BCUT2D eigenvalue weighted by Crippen LogP contribution is 2.31. The van der Waals surface area contributed by atoms with Crippen molar-refractivity contribution in [1.29, 1.82) is 0 Å². The van der Waals surface area contributed by atoms with Crippen molar-refractivity contribution in [3.63, 3.8) is 0 Å². The third-order valence-corrected chi connectivity index (χ3v) is 3.32. The average Bonchev–Trinajstić information content (AvgIpc) is 3.19. The van der Waals surface area contributed by atoms with E-state index in [4.69, 9.17) is 14.6 Å². The molecule has 1 aromatic carbocycles. The number of benzene rings is 1. The summed E-state index contributed by atoms with van der Waals surface area (Å²) in [6, 6.07) is 5.06. The van der Waals surface area contributed by atoms with Gasteiger partial charge in [-0.3, -0.25) is 0 Å². The van der Waals surface area contributed by atoms with E-state index in [1.54, 1.807) is 6.07 Å². The van der Waals surface area contributed by atoms with Crippen molar-refractivity contribution in [1.82, 2.24) is 0 Å². The Balaban J connectivity index is 1.73. The second-order valence-corrected chi connectivity index (χ2v) is 4.90. The lowest BCUT2D eigenvalue weighted by molar-refractivity contribution is -0.144. The van der Waals surface area contributed by atoms with Gasteiger partial charge in [0.1, 0.15) is 0 Å². The van der Waals surface area contributed by atoms with Crippen LogP contribution in [0.2, 0.25) is 0 Å². The molecule has 0 spiro atoms. The summed E-state index contributed by atoms with van der Waals surface area (Å²) in [4.78, 5) is 10.8. The maximum absolute atomic E-state index is 12.5. The lowest BCUT2D eigenvalue weighted by Gasteiger charge is -2.10. The van der Waals surface area contributed by atoms with Crippen molar-refractivity contribution in [3.05, 3.63) is 35.4 Å². The fourth-order valence-corrected chi connectivity index (χ4v) is 1.89. The maximum Gasteiger partial charge on any atom is 0.416 e. The molecule has 1 aromatic rings. The van der Waals surface area contributed by atoms with Gasteiger partial charge in [-0.15, -0.1) is 0 Å². The summed E-state index contributed by atoms with van der Waals surface area (Å²) in [5.41, 5.74) is -1.27. The van der Waals surface area contributed by atoms with Crippen molar-refractivity contribution >= 4 is 5.97 Å². The average molecular weight is 304 g/mol. The molecule has 2 rings (SSSR count). The summed E-state index contributed by atoms with van der Waals surface area (Å²) in [5.74, 6) is -1.01. The minimum absolute atomic E-state index is 0.180. The van der Waals surface area contributed by atoms with Gasteiger partial charge in [0.25, 0.3) is 0 Å². The van der Waals surface area contributed by atoms with Gasteiger partial charge in [0.05, 0.1) is 25.4 Å². The quantitative estimate of drug-likeness (QED) is 0.621. The van der Waals surface area contributed by atoms with E-state index in [2.05, 4.69) is 0 Å². The number of rotatable bonds is 7. The van der Waals surface area contributed by atoms with Crippen LogP contribution in [0.4, 0.5) is 13.2 Å². The zero-order valence-electron chi connectivity index (χ0n) is 11.2. The number of halogens is 3. The Kier molecular flexibility index (Phi) is 4.53. The van der Waals surface area contributed by atoms with Crippen molar-refractivity contribution in [2.45, 2.75) is 24.6 Å². The highest BCUT2D eigenvalue weighted by atomic mass is 19.4. The first-order chi connectivity index (χ1) is 9.83. The minimum atomic E-state index is -4.35. The number of hydrogen-bond donors (Lipinski definition) is 1. The minimum Gasteiger partial charge on any atom is -0.479 e. The second-order valence-electron chi connectivity index (χ2n) is 4.90. The van der Waals surface area contributed by atoms with E-state index in [1.165, 1.54) is 6.07 Å². The van der Waals surface area contributed by atoms with Crippen LogP contribution in [0.5, 0.6) is 0 Å². The molecule has 0 aromatic heterocycles. The molecule has 116 valence electrons. The number of aliphatic carboxylic acids is 1. The molecule has 7 heteroatoms. The number of alkyl halides is 3. The maximum atomic E-state index is 12.5. The predicted molar refractivity (Wildman–Crippen MR) is 66.9 cm³/mol. The lowest BCUT2D eigenvalue weighted by atomic mass is 10.1. The highest BCUT2D eigenvalue weighted by molar-refractivity contribution is 5.80. The largest absolute Gasteiger partial charge is 0.479 e. The smallest absolute Gasteiger partial charge is 0.416 e. The predicted octanol–water partition coefficient (Wildman–Crippen LogP) is 2.51. The van der Waals surface area contributed by atoms with E-state index in [0.717, 1.165) is 12.1 Å². The van der Waals surface area contributed by atoms with E-state index in [9.17, 15) is 18.0 Å². The van der Waals surface area contributed by atoms with Crippen LogP contribution in [0.15, 0.2) is 24.3 Å². The molecule has 4 nitrogen and oxygen atoms in total. The summed E-state index contributed by atoms with van der Waals surface area (Å²) in [5, 5.41) is 8.86. The van der Waals surface area contributed by atoms with Gasteiger partial charge in [-0.25, -0.2) is 4.79 Å². The number of carboxylic acids is 1. The van der Waals surface area contributed by atoms with Crippen LogP contribution in [0, 0.1) is 0 Å². The normalized spacial score (nSPS) is 21.3. The monoisotopic (exact) mass is 304 g/mol. The summed E-state index contributed by atoms with van der Waals surface area (Å²) in [6.45, 7) is 0.613. The molecule has 1 aliphatic heterocycles. The van der Waals surface area contributed by atoms with Crippen LogP contribution in [0.1, 0.15) is 17.5 Å². The number of carbonyl (C=O) groups is 1. The lowest BCUT2D eigenvalue weighted by Crippen LogP contribution is -2.25. The third-order valence-electron chi connectivity index (χ3n) is 3.32. The van der Waals surface area contributed by atoms with Crippen LogP contribution in [0.25, 0.3) is 0 Å². The van der Waals surface area contributed by atoms with E-state index in [-0.39, 0.29) is 26.2 Å². The Morgan fingerprint density at radius 3 is 2.67 bits per heavy atom. The van der Waals surface area contributed by atoms with Gasteiger partial charge in [-0.2, -0.15) is 13.2 Å². The number of ether oxygens (including phenoxy) is 2. The summed E-state index contributed by atoms with van der Waals surface area (Å²) in [6.07, 6.45) is -3.77. The molecule has 1 fully saturated rings. The van der Waals surface area contributed by atoms with Gasteiger partial charge in [0, 0.05) is 6.42 Å². The third kappa shape index (κ3) is 4.18. The van der Waals surface area contributed by atoms with Crippen LogP contribution >= 0.6 is 0 Å². The first-order valence-electron chi connectivity index (χ1n) is 6.45. The summed E-state index contributed by atoms with van der Waals surface area (Å²) in [7, 11) is 0. The number of epoxide rings is 1. The Hall–Kier alpha value is -1.60. The standard InChI is InChI=1S/C14H15F3O4/c15-14(16,17)11-3-1-2-10(8-11)4-6-20-7-5-13(9-21-13)12(18)19/h1-3,8H,4-7,9H2,(H,18,19). The van der Waals surface area contributed by atoms with Crippen LogP contribution < -0.4 is 0 Å². The van der Waals surface area contributed by atoms with Gasteiger partial charge in [0.2, 0.25) is 0 Å². The molecule has 1 saturated heterocycles. The molecule has 1 atom stereocenters. The number of hydrogen-bond acceptors (Lipinski definition) is 3. The molecule has 1 N–H and O–H groups in total. The first kappa shape index (κ1) is 15.8. The molecule has 0 amide bonds. The highest BCUT2D eigenvalue weighted by Gasteiger charge is 2.52. The molecule has 0 radical (unpaired) electrons. The molecule has 0 aliphatic carbocycles. The topological polar surface area (TPSA) is 59.1 Å². The van der Waals surface area contributed by atoms with E-state index in [0.29, 0.717) is 12.0 Å². The van der Waals surface area contributed by atoms with Gasteiger partial charge >= 0.3 is 12.1 Å². The van der Waals surface area contributed by atoms with Crippen molar-refractivity contribution < 1.29 is 32.5 Å². The van der Waals surface area contributed by atoms with Gasteiger partial charge < -0.3 is 14.6 Å². The van der Waals surface area contributed by atoms with E-state index in [1.807, 2.05) is 0 Å². The van der Waals surface area contributed by atoms with Crippen molar-refractivity contribution in [2.24, 2.45) is 0 Å². The molecule has 1 heterocycles. The second kappa shape index (κ2) is 6.03. The Morgan fingerprint density at radius 1 is 1.38 bits per heavy atom. The fraction of sp³-hybridized carbons (Fsp3) is 0.500. The molecule has 1 aliphatic rings. The zero-order chi connectivity index (χ0) is 15.5. The van der Waals surface area contributed by atoms with Crippen LogP contribution in [-0.4, -0.2) is 36.5 Å². The fourth-order valence-electron chi connectivity index (χ4n) is 1.89. The van der Waals surface area contributed by atoms with Gasteiger partial charge in [0.15, 0.2) is 5.60 Å². The Labute approximate surface area is 119 Å². The molecule has 0 bridgehead atoms. The van der Waals surface area contributed by atoms with Crippen molar-refractivity contribution in [3.8, 4) is 0 Å². The first-order valence-corrected chi connectivity index (χ1v) is 6.45. The van der Waals surface area contributed by atoms with E-state index >= 15 is 0 Å². The molecular weight excluding hydrogens is 289 g/mol. The van der Waals surface area contributed by atoms with Crippen molar-refractivity contribution in [2.75, 3.05) is 19.8 Å². The number of carboxylic acid groups (broad SMARTS) is 1. The Bertz CT molecular complexity index is 509. The summed E-state index contributed by atoms with van der Waals surface area (Å²) < 4.78 is 47.7.